The van der Waals surface area contributed by atoms with Crippen LogP contribution in [-0.4, -0.2) is 247 Å². The first-order valence-electron chi connectivity index (χ1n) is 36.5. The van der Waals surface area contributed by atoms with Crippen molar-refractivity contribution in [3.05, 3.63) is 89.5 Å². The zero-order chi connectivity index (χ0) is 85.9. The summed E-state index contributed by atoms with van der Waals surface area (Å²) in [6.45, 7) is 5.81. The summed E-state index contributed by atoms with van der Waals surface area (Å²) in [5.41, 5.74) is 17.2. The van der Waals surface area contributed by atoms with E-state index in [4.69, 9.17) is 17.2 Å². The molecular formula is C73H103N17O24S. The van der Waals surface area contributed by atoms with Gasteiger partial charge in [0, 0.05) is 31.4 Å². The molecule has 26 N–H and O–H groups in total. The number of primary amides is 3. The fourth-order valence-corrected chi connectivity index (χ4v) is 12.2. The Balaban J connectivity index is 1.89. The molecule has 1 heterocycles. The van der Waals surface area contributed by atoms with Gasteiger partial charge in [0.2, 0.25) is 100 Å². The Kier molecular flexibility index (Phi) is 39.2. The summed E-state index contributed by atoms with van der Waals surface area (Å²) in [5.74, 6) is -24.3. The third kappa shape index (κ3) is 34.7. The highest BCUT2D eigenvalue weighted by molar-refractivity contribution is 8.00. The molecule has 630 valence electrons. The van der Waals surface area contributed by atoms with Crippen molar-refractivity contribution in [3.8, 4) is 17.2 Å². The van der Waals surface area contributed by atoms with E-state index in [1.54, 1.807) is 41.5 Å². The van der Waals surface area contributed by atoms with Crippen LogP contribution in [0.5, 0.6) is 17.2 Å². The minimum atomic E-state index is -2.10. The Morgan fingerprint density at radius 1 is 0.400 bits per heavy atom. The molecule has 0 radical (unpaired) electrons. The van der Waals surface area contributed by atoms with Crippen LogP contribution in [0.4, 0.5) is 0 Å². The predicted octanol–water partition coefficient (Wildman–Crippen LogP) is -7.15. The van der Waals surface area contributed by atoms with Crippen molar-refractivity contribution >= 4 is 118 Å². The molecule has 115 heavy (non-hydrogen) atoms. The largest absolute Gasteiger partial charge is 0.508 e. The van der Waals surface area contributed by atoms with Crippen molar-refractivity contribution in [2.75, 3.05) is 37.8 Å². The number of carbonyl (C=O) groups excluding carboxylic acids is 17. The van der Waals surface area contributed by atoms with Gasteiger partial charge in [0.25, 0.3) is 0 Å². The van der Waals surface area contributed by atoms with Crippen LogP contribution in [-0.2, 0) is 106 Å². The number of carbonyl (C=O) groups is 18. The van der Waals surface area contributed by atoms with E-state index in [0.29, 0.717) is 17.3 Å². The molecule has 0 unspecified atom stereocenters. The van der Waals surface area contributed by atoms with Crippen molar-refractivity contribution in [1.29, 1.82) is 0 Å². The van der Waals surface area contributed by atoms with E-state index in [9.17, 15) is 117 Å². The lowest BCUT2D eigenvalue weighted by atomic mass is 9.99. The molecule has 3 aromatic carbocycles. The van der Waals surface area contributed by atoms with E-state index in [1.165, 1.54) is 72.8 Å². The Bertz CT molecular complexity index is 3950. The quantitative estimate of drug-likeness (QED) is 0.0396. The van der Waals surface area contributed by atoms with Gasteiger partial charge in [-0.05, 0) is 96.5 Å². The molecule has 0 aliphatic carbocycles. The molecule has 17 amide bonds. The molecule has 12 atom stereocenters. The molecule has 1 aliphatic rings. The number of aliphatic hydroxyl groups excluding tert-OH is 2. The van der Waals surface area contributed by atoms with E-state index in [2.05, 4.69) is 74.4 Å². The third-order valence-electron chi connectivity index (χ3n) is 17.1. The SMILES string of the molecule is CC(C)C[C@@H]1NC(=O)[C@H](CC(C)C)NC(=O)[C@H](CO)NC(=O)[C@H](CCC(=O)O)NC(=O)[C@H](CC(C)C)NC(=O)[C@H](Cc2ccc(O)cc2)NC(=O)CSC[C@@H](C(=O)NCC(N)=O)NC(=O)[C@H](Cc2ccc(O)cc2)NC(=O)[C@H](Cc2ccc(O)cc2)NC(=O)[C@H](CC(N)=O)NC(=O)[C@H](CC(N)=O)NC(=O)[C@H](CO)NC(=O)CNC1=O. The Labute approximate surface area is 664 Å². The van der Waals surface area contributed by atoms with Gasteiger partial charge in [-0.25, -0.2) is 0 Å². The normalized spacial score (nSPS) is 23.3. The number of aliphatic carboxylic acids is 1. The summed E-state index contributed by atoms with van der Waals surface area (Å²) < 4.78 is 0. The number of carboxylic acids is 1. The van der Waals surface area contributed by atoms with Crippen molar-refractivity contribution in [2.24, 2.45) is 35.0 Å². The number of aromatic hydroxyl groups is 3. The van der Waals surface area contributed by atoms with E-state index in [1.807, 2.05) is 0 Å². The van der Waals surface area contributed by atoms with Gasteiger partial charge < -0.3 is 122 Å². The Morgan fingerprint density at radius 2 is 0.704 bits per heavy atom. The topological polar surface area (TPSA) is 675 Å². The molecule has 0 aromatic heterocycles. The van der Waals surface area contributed by atoms with Gasteiger partial charge in [0.1, 0.15) is 89.8 Å². The highest BCUT2D eigenvalue weighted by atomic mass is 32.2. The number of benzene rings is 3. The Morgan fingerprint density at radius 3 is 1.08 bits per heavy atom. The smallest absolute Gasteiger partial charge is 0.303 e. The third-order valence-corrected chi connectivity index (χ3v) is 18.1. The van der Waals surface area contributed by atoms with Crippen LogP contribution in [0.25, 0.3) is 0 Å². The summed E-state index contributed by atoms with van der Waals surface area (Å²) in [7, 11) is 0. The van der Waals surface area contributed by atoms with Gasteiger partial charge in [-0.15, -0.1) is 11.8 Å². The molecular weight excluding hydrogens is 1530 g/mol. The molecule has 41 nitrogen and oxygen atoms in total. The number of amides is 17. The predicted molar refractivity (Wildman–Crippen MR) is 408 cm³/mol. The summed E-state index contributed by atoms with van der Waals surface area (Å²) in [6, 6.07) is -5.88. The minimum absolute atomic E-state index is 0.114. The number of rotatable bonds is 24. The number of phenols is 3. The molecule has 0 saturated carbocycles. The van der Waals surface area contributed by atoms with Gasteiger partial charge >= 0.3 is 5.97 Å². The monoisotopic (exact) mass is 1630 g/mol. The minimum Gasteiger partial charge on any atom is -0.508 e. The first kappa shape index (κ1) is 95.2. The van der Waals surface area contributed by atoms with Crippen LogP contribution in [0, 0.1) is 17.8 Å². The number of nitrogens with two attached hydrogens (primary N) is 3. The van der Waals surface area contributed by atoms with Crippen LogP contribution in [0.1, 0.15) is 103 Å². The fraction of sp³-hybridized carbons (Fsp3) is 0.507. The van der Waals surface area contributed by atoms with E-state index >= 15 is 0 Å². The lowest BCUT2D eigenvalue weighted by Crippen LogP contribution is -2.61. The number of aliphatic hydroxyl groups is 2. The maximum absolute atomic E-state index is 14.9. The Hall–Kier alpha value is -12.2. The molecule has 1 saturated heterocycles. The molecule has 1 aliphatic heterocycles. The van der Waals surface area contributed by atoms with Gasteiger partial charge in [-0.1, -0.05) is 77.9 Å². The van der Waals surface area contributed by atoms with Gasteiger partial charge in [-0.3, -0.25) is 86.3 Å². The van der Waals surface area contributed by atoms with Crippen molar-refractivity contribution in [3.63, 3.8) is 0 Å². The first-order valence-corrected chi connectivity index (χ1v) is 37.7. The van der Waals surface area contributed by atoms with Crippen LogP contribution >= 0.6 is 11.8 Å². The van der Waals surface area contributed by atoms with Crippen LogP contribution in [0.15, 0.2) is 72.8 Å². The summed E-state index contributed by atoms with van der Waals surface area (Å²) in [4.78, 5) is 248. The number of hydrogen-bond donors (Lipinski definition) is 23. The van der Waals surface area contributed by atoms with Crippen LogP contribution in [0.3, 0.4) is 0 Å². The summed E-state index contributed by atoms with van der Waals surface area (Å²) in [6.07, 6.45) is -5.30. The highest BCUT2D eigenvalue weighted by Gasteiger charge is 2.39. The van der Waals surface area contributed by atoms with E-state index < -0.39 is 261 Å². The standard InChI is InChI=1S/C73H103N17O24S/c1-35(2)21-45-62(103)78-30-59(99)80-53(31-91)72(113)88-52(28-57(75)97)71(112)87-51(27-56(74)96)70(111)86-49(25-39-9-15-42(94)16-10-39)68(109)85-50(26-40-11-17-43(95)18-12-40)69(110)90-55(63(104)77-29-58(76)98)33-115-34-60(100)79-48(24-38-7-13-41(93)14-8-38)67(108)83-46(22-36(3)4)65(106)81-44(19-20-61(101)102)64(105)89-54(32-92)73(114)84-47(23-37(5)6)66(107)82-45/h7-18,35-37,44-55,91-95H,19-34H2,1-6H3,(H2,74,96)(H2,75,97)(H2,76,98)(H,77,104)(H,78,103)(H,79,100)(H,80,99)(H,81,106)(H,82,107)(H,83,108)(H,84,114)(H,85,109)(H,86,111)(H,87,112)(H,88,113)(H,89,105)(H,90,110)(H,101,102)/t44-,45-,46-,47-,48-,49-,50-,51-,52-,53-,54-,55-/m0/s1. The molecule has 1 fully saturated rings. The maximum Gasteiger partial charge on any atom is 0.303 e. The van der Waals surface area contributed by atoms with Crippen LogP contribution in [0.2, 0.25) is 0 Å². The second kappa shape index (κ2) is 47.3. The van der Waals surface area contributed by atoms with Crippen LogP contribution < -0.4 is 91.6 Å². The maximum atomic E-state index is 14.9. The van der Waals surface area contributed by atoms with E-state index in [-0.39, 0.29) is 65.9 Å². The average Bonchev–Trinajstić information content (AvgIpc) is 0.867. The van der Waals surface area contributed by atoms with Gasteiger partial charge in [-0.2, -0.15) is 0 Å². The molecule has 42 heteroatoms. The fourth-order valence-electron chi connectivity index (χ4n) is 11.3. The molecule has 0 bridgehead atoms. The van der Waals surface area contributed by atoms with Gasteiger partial charge in [0.15, 0.2) is 0 Å². The van der Waals surface area contributed by atoms with Crippen molar-refractivity contribution in [1.82, 2.24) is 74.4 Å². The lowest BCUT2D eigenvalue weighted by molar-refractivity contribution is -0.139. The van der Waals surface area contributed by atoms with Gasteiger partial charge in [0.05, 0.1) is 44.9 Å². The number of thioether (sulfide) groups is 1. The lowest BCUT2D eigenvalue weighted by Gasteiger charge is -2.28. The number of hydrogen-bond acceptors (Lipinski definition) is 24. The molecule has 0 spiro atoms. The zero-order valence-electron chi connectivity index (χ0n) is 64.1. The zero-order valence-corrected chi connectivity index (χ0v) is 64.9. The number of phenolic OH excluding ortho intramolecular Hbond substituents is 3. The summed E-state index contributed by atoms with van der Waals surface area (Å²) >= 11 is 0.671. The van der Waals surface area contributed by atoms with Crippen molar-refractivity contribution < 1.29 is 117 Å². The van der Waals surface area contributed by atoms with Crippen molar-refractivity contribution in [2.45, 2.75) is 178 Å². The van der Waals surface area contributed by atoms with E-state index in [0.717, 1.165) is 0 Å². The highest BCUT2D eigenvalue weighted by Crippen LogP contribution is 2.19. The number of carboxylic acid groups (broad SMARTS) is 1. The number of nitrogens with one attached hydrogen (secondary N) is 14. The second-order valence-corrected chi connectivity index (χ2v) is 29.4. The summed E-state index contributed by atoms with van der Waals surface area (Å²) in [5, 5.41) is 94.2. The molecule has 4 rings (SSSR count). The molecule has 3 aromatic rings. The first-order chi connectivity index (χ1) is 54.1. The average molecular weight is 1630 g/mol. The second-order valence-electron chi connectivity index (χ2n) is 28.4.